The van der Waals surface area contributed by atoms with Gasteiger partial charge in [-0.15, -0.1) is 11.8 Å². The summed E-state index contributed by atoms with van der Waals surface area (Å²) in [7, 11) is 0. The summed E-state index contributed by atoms with van der Waals surface area (Å²) in [6, 6.07) is 7.21. The van der Waals surface area contributed by atoms with Crippen molar-refractivity contribution < 1.29 is 18.4 Å². The molecule has 2 aromatic rings. The second kappa shape index (κ2) is 6.83. The van der Waals surface area contributed by atoms with Crippen LogP contribution in [0.3, 0.4) is 0 Å². The number of fused-ring (bicyclic) bond motifs is 1. The lowest BCUT2D eigenvalue weighted by molar-refractivity contribution is -0.121. The van der Waals surface area contributed by atoms with Crippen molar-refractivity contribution in [1.29, 1.82) is 5.26 Å². The molecule has 0 radical (unpaired) electrons. The molecule has 1 aromatic carbocycles. The standard InChI is InChI=1S/C19H16FN3O3S/c20-14-8-12(10-21)17(27-11-13-4-3-7-26-13)9-16(14)23-6-2-1-5-15(23)18(24)22-19(23)25/h3-4,7-9,15H,1-2,5-6,11H2/p+1. The molecule has 0 spiro atoms. The van der Waals surface area contributed by atoms with E-state index in [0.29, 0.717) is 23.6 Å². The highest BCUT2D eigenvalue weighted by atomic mass is 32.2. The maximum Gasteiger partial charge on any atom is 0.429 e. The first-order chi connectivity index (χ1) is 13.1. The zero-order valence-electron chi connectivity index (χ0n) is 14.4. The summed E-state index contributed by atoms with van der Waals surface area (Å²) in [5, 5.41) is 11.8. The van der Waals surface area contributed by atoms with Gasteiger partial charge in [-0.3, -0.25) is 4.79 Å². The molecule has 1 aromatic heterocycles. The number of benzene rings is 1. The van der Waals surface area contributed by atoms with Crippen molar-refractivity contribution in [2.75, 3.05) is 6.54 Å². The Hall–Kier alpha value is -2.63. The first-order valence-corrected chi connectivity index (χ1v) is 9.67. The number of hydrogen-bond donors (Lipinski definition) is 1. The summed E-state index contributed by atoms with van der Waals surface area (Å²) >= 11 is 1.34. The summed E-state index contributed by atoms with van der Waals surface area (Å²) in [6.07, 6.45) is 3.65. The van der Waals surface area contributed by atoms with Crippen molar-refractivity contribution >= 4 is 29.4 Å². The molecule has 0 aliphatic carbocycles. The van der Waals surface area contributed by atoms with Gasteiger partial charge in [0.05, 0.1) is 24.1 Å². The number of halogens is 1. The van der Waals surface area contributed by atoms with E-state index < -0.39 is 17.9 Å². The van der Waals surface area contributed by atoms with Crippen LogP contribution in [0.5, 0.6) is 0 Å². The van der Waals surface area contributed by atoms with Crippen molar-refractivity contribution in [3.8, 4) is 6.07 Å². The molecule has 2 aliphatic rings. The quantitative estimate of drug-likeness (QED) is 0.492. The third kappa shape index (κ3) is 2.83. The predicted molar refractivity (Wildman–Crippen MR) is 97.2 cm³/mol. The lowest BCUT2D eigenvalue weighted by atomic mass is 9.98. The maximum absolute atomic E-state index is 15.0. The summed E-state index contributed by atoms with van der Waals surface area (Å²) in [6.45, 7) is 0.368. The highest BCUT2D eigenvalue weighted by Crippen LogP contribution is 2.41. The van der Waals surface area contributed by atoms with Crippen LogP contribution in [0.4, 0.5) is 14.9 Å². The van der Waals surface area contributed by atoms with Gasteiger partial charge in [0, 0.05) is 17.4 Å². The molecule has 8 heteroatoms. The Balaban J connectivity index is 1.78. The van der Waals surface area contributed by atoms with E-state index in [0.717, 1.165) is 24.7 Å². The minimum Gasteiger partial charge on any atom is -0.468 e. The lowest BCUT2D eigenvalue weighted by Crippen LogP contribution is -2.60. The van der Waals surface area contributed by atoms with Gasteiger partial charge in [0.1, 0.15) is 11.8 Å². The van der Waals surface area contributed by atoms with E-state index in [1.807, 2.05) is 12.1 Å². The molecule has 138 valence electrons. The number of carbonyl (C=O) groups excluding carboxylic acids is 2. The SMILES string of the molecule is N#Cc1cc(F)c([N+]23CCCCC2C(=O)NC3=O)cc1SCc1ccco1. The van der Waals surface area contributed by atoms with Gasteiger partial charge in [0.15, 0.2) is 17.5 Å². The number of carbonyl (C=O) groups is 2. The molecule has 6 nitrogen and oxygen atoms in total. The molecule has 1 N–H and O–H groups in total. The molecule has 27 heavy (non-hydrogen) atoms. The molecule has 2 unspecified atom stereocenters. The fourth-order valence-electron chi connectivity index (χ4n) is 3.93. The minimum atomic E-state index is -0.634. The van der Waals surface area contributed by atoms with Gasteiger partial charge in [-0.05, 0) is 31.0 Å². The average Bonchev–Trinajstić information content (AvgIpc) is 3.28. The van der Waals surface area contributed by atoms with Crippen LogP contribution in [0.25, 0.3) is 0 Å². The van der Waals surface area contributed by atoms with Crippen LogP contribution in [0.15, 0.2) is 39.8 Å². The zero-order valence-corrected chi connectivity index (χ0v) is 15.2. The van der Waals surface area contributed by atoms with Crippen molar-refractivity contribution in [3.05, 3.63) is 47.7 Å². The highest BCUT2D eigenvalue weighted by Gasteiger charge is 2.59. The third-order valence-electron chi connectivity index (χ3n) is 5.22. The molecule has 2 saturated heterocycles. The fourth-order valence-corrected chi connectivity index (χ4v) is 4.85. The number of piperidine rings is 1. The lowest BCUT2D eigenvalue weighted by Gasteiger charge is -2.37. The monoisotopic (exact) mass is 386 g/mol. The Morgan fingerprint density at radius 3 is 2.96 bits per heavy atom. The highest BCUT2D eigenvalue weighted by molar-refractivity contribution is 7.98. The Kier molecular flexibility index (Phi) is 4.50. The van der Waals surface area contributed by atoms with Gasteiger partial charge in [-0.2, -0.15) is 9.74 Å². The molecule has 4 rings (SSSR count). The van der Waals surface area contributed by atoms with E-state index >= 15 is 0 Å². The van der Waals surface area contributed by atoms with Gasteiger partial charge in [0.25, 0.3) is 5.91 Å². The molecular weight excluding hydrogens is 369 g/mol. The van der Waals surface area contributed by atoms with Crippen LogP contribution in [0, 0.1) is 17.1 Å². The third-order valence-corrected chi connectivity index (χ3v) is 6.29. The van der Waals surface area contributed by atoms with E-state index in [9.17, 15) is 19.2 Å². The number of hydrogen-bond acceptors (Lipinski definition) is 5. The molecule has 2 aliphatic heterocycles. The van der Waals surface area contributed by atoms with E-state index in [2.05, 4.69) is 5.32 Å². The summed E-state index contributed by atoms with van der Waals surface area (Å²) in [5.41, 5.74) is 0.356. The molecular formula is C19H17FN3O3S+. The van der Waals surface area contributed by atoms with Crippen molar-refractivity contribution in [2.24, 2.45) is 0 Å². The summed E-state index contributed by atoms with van der Waals surface area (Å²) in [5.74, 6) is 0.215. The van der Waals surface area contributed by atoms with Crippen LogP contribution >= 0.6 is 11.8 Å². The van der Waals surface area contributed by atoms with E-state index in [4.69, 9.17) is 4.42 Å². The fraction of sp³-hybridized carbons (Fsp3) is 0.316. The zero-order chi connectivity index (χ0) is 19.0. The number of urea groups is 1. The van der Waals surface area contributed by atoms with E-state index in [1.165, 1.54) is 11.8 Å². The predicted octanol–water partition coefficient (Wildman–Crippen LogP) is 3.69. The van der Waals surface area contributed by atoms with E-state index in [-0.39, 0.29) is 21.6 Å². The molecule has 0 bridgehead atoms. The van der Waals surface area contributed by atoms with Crippen LogP contribution < -0.4 is 9.80 Å². The smallest absolute Gasteiger partial charge is 0.429 e. The van der Waals surface area contributed by atoms with Crippen LogP contribution in [0.1, 0.15) is 30.6 Å². The number of quaternary nitrogens is 1. The van der Waals surface area contributed by atoms with Crippen molar-refractivity contribution in [3.63, 3.8) is 0 Å². The number of rotatable bonds is 4. The molecule has 0 saturated carbocycles. The first kappa shape index (κ1) is 17.8. The number of furan rings is 1. The molecule has 3 heterocycles. The van der Waals surface area contributed by atoms with Gasteiger partial charge in [-0.25, -0.2) is 14.5 Å². The molecule has 2 atom stereocenters. The van der Waals surface area contributed by atoms with Gasteiger partial charge < -0.3 is 4.42 Å². The van der Waals surface area contributed by atoms with Gasteiger partial charge in [0.2, 0.25) is 0 Å². The van der Waals surface area contributed by atoms with Gasteiger partial charge >= 0.3 is 6.03 Å². The Morgan fingerprint density at radius 1 is 1.37 bits per heavy atom. The number of nitrogens with zero attached hydrogens (tertiary/aromatic N) is 2. The first-order valence-electron chi connectivity index (χ1n) is 8.69. The largest absolute Gasteiger partial charge is 0.468 e. The number of amides is 3. The number of nitrogens with one attached hydrogen (secondary N) is 1. The second-order valence-electron chi connectivity index (χ2n) is 6.68. The number of thioether (sulfide) groups is 1. The Labute approximate surface area is 159 Å². The van der Waals surface area contributed by atoms with Gasteiger partial charge in [-0.1, -0.05) is 0 Å². The average molecular weight is 386 g/mol. The Bertz CT molecular complexity index is 954. The number of nitriles is 1. The Morgan fingerprint density at radius 2 is 2.22 bits per heavy atom. The van der Waals surface area contributed by atoms with Crippen LogP contribution in [-0.4, -0.2) is 24.5 Å². The molecule has 2 fully saturated rings. The van der Waals surface area contributed by atoms with E-state index in [1.54, 1.807) is 18.4 Å². The second-order valence-corrected chi connectivity index (χ2v) is 7.70. The summed E-state index contributed by atoms with van der Waals surface area (Å²) in [4.78, 5) is 25.5. The topological polar surface area (TPSA) is 83.1 Å². The van der Waals surface area contributed by atoms with Crippen molar-refractivity contribution in [1.82, 2.24) is 9.80 Å². The van der Waals surface area contributed by atoms with Crippen molar-refractivity contribution in [2.45, 2.75) is 36.0 Å². The maximum atomic E-state index is 15.0. The van der Waals surface area contributed by atoms with Crippen LogP contribution in [0.2, 0.25) is 0 Å². The summed E-state index contributed by atoms with van der Waals surface area (Å²) < 4.78 is 19.9. The van der Waals surface area contributed by atoms with Crippen LogP contribution in [-0.2, 0) is 10.5 Å². The number of imide groups is 1. The molecule has 3 amide bonds. The minimum absolute atomic E-state index is 0.156. The normalized spacial score (nSPS) is 24.4.